The van der Waals surface area contributed by atoms with Crippen LogP contribution in [0.25, 0.3) is 0 Å². The molecule has 1 aliphatic carbocycles. The van der Waals surface area contributed by atoms with Crippen LogP contribution in [-0.4, -0.2) is 57.7 Å². The Morgan fingerprint density at radius 3 is 2.64 bits per heavy atom. The van der Waals surface area contributed by atoms with Crippen molar-refractivity contribution >= 4 is 5.96 Å². The third kappa shape index (κ3) is 7.40. The van der Waals surface area contributed by atoms with Crippen LogP contribution in [0.4, 0.5) is 13.2 Å². The lowest BCUT2D eigenvalue weighted by Crippen LogP contribution is -2.47. The van der Waals surface area contributed by atoms with Crippen molar-refractivity contribution in [3.05, 3.63) is 0 Å². The van der Waals surface area contributed by atoms with Gasteiger partial charge in [0, 0.05) is 39.5 Å². The number of hydrogen-bond acceptors (Lipinski definition) is 3. The zero-order chi connectivity index (χ0) is 18.1. The van der Waals surface area contributed by atoms with Crippen LogP contribution < -0.4 is 10.6 Å². The SMILES string of the molecule is CN=C(NCCCOC1CCOCC1)NC1CCCC(C(F)(F)F)C1. The molecule has 0 radical (unpaired) electrons. The summed E-state index contributed by atoms with van der Waals surface area (Å²) in [6.45, 7) is 2.87. The average molecular weight is 365 g/mol. The fourth-order valence-electron chi connectivity index (χ4n) is 3.38. The zero-order valence-electron chi connectivity index (χ0n) is 14.9. The van der Waals surface area contributed by atoms with Gasteiger partial charge >= 0.3 is 6.18 Å². The summed E-state index contributed by atoms with van der Waals surface area (Å²) in [7, 11) is 1.64. The van der Waals surface area contributed by atoms with Gasteiger partial charge in [-0.3, -0.25) is 4.99 Å². The monoisotopic (exact) mass is 365 g/mol. The number of guanidine groups is 1. The van der Waals surface area contributed by atoms with E-state index in [1.54, 1.807) is 7.05 Å². The number of rotatable bonds is 6. The maximum atomic E-state index is 12.9. The third-order valence-corrected chi connectivity index (χ3v) is 4.84. The van der Waals surface area contributed by atoms with Crippen molar-refractivity contribution < 1.29 is 22.6 Å². The Morgan fingerprint density at radius 2 is 1.96 bits per heavy atom. The minimum atomic E-state index is -4.10. The van der Waals surface area contributed by atoms with E-state index in [9.17, 15) is 13.2 Å². The van der Waals surface area contributed by atoms with Crippen LogP contribution in [0.15, 0.2) is 4.99 Å². The van der Waals surface area contributed by atoms with E-state index in [1.807, 2.05) is 0 Å². The van der Waals surface area contributed by atoms with E-state index in [-0.39, 0.29) is 25.0 Å². The van der Waals surface area contributed by atoms with Gasteiger partial charge in [0.25, 0.3) is 0 Å². The predicted octanol–water partition coefficient (Wildman–Crippen LogP) is 2.86. The van der Waals surface area contributed by atoms with E-state index in [2.05, 4.69) is 15.6 Å². The lowest BCUT2D eigenvalue weighted by Gasteiger charge is -2.31. The topological polar surface area (TPSA) is 54.9 Å². The standard InChI is InChI=1S/C17H30F3N3O2/c1-21-16(22-8-3-9-25-15-6-10-24-11-7-15)23-14-5-2-4-13(12-14)17(18,19)20/h13-15H,2-12H2,1H3,(H2,21,22,23). The number of halogens is 3. The number of nitrogens with zero attached hydrogens (tertiary/aromatic N) is 1. The molecule has 2 aliphatic rings. The van der Waals surface area contributed by atoms with Crippen LogP contribution in [0.5, 0.6) is 0 Å². The summed E-state index contributed by atoms with van der Waals surface area (Å²) >= 11 is 0. The normalized spacial score (nSPS) is 26.5. The van der Waals surface area contributed by atoms with Gasteiger partial charge in [-0.15, -0.1) is 0 Å². The maximum absolute atomic E-state index is 12.9. The van der Waals surface area contributed by atoms with Gasteiger partial charge in [0.1, 0.15) is 0 Å². The summed E-state index contributed by atoms with van der Waals surface area (Å²) < 4.78 is 49.7. The van der Waals surface area contributed by atoms with Crippen LogP contribution in [0.2, 0.25) is 0 Å². The summed E-state index contributed by atoms with van der Waals surface area (Å²) in [5.41, 5.74) is 0. The maximum Gasteiger partial charge on any atom is 0.391 e. The molecule has 2 fully saturated rings. The van der Waals surface area contributed by atoms with Gasteiger partial charge in [-0.25, -0.2) is 0 Å². The number of hydrogen-bond donors (Lipinski definition) is 2. The molecular formula is C17H30F3N3O2. The van der Waals surface area contributed by atoms with Crippen molar-refractivity contribution in [2.45, 2.75) is 63.3 Å². The van der Waals surface area contributed by atoms with Gasteiger partial charge < -0.3 is 20.1 Å². The highest BCUT2D eigenvalue weighted by molar-refractivity contribution is 5.79. The molecule has 0 spiro atoms. The van der Waals surface area contributed by atoms with E-state index in [1.165, 1.54) is 0 Å². The molecule has 1 aliphatic heterocycles. The number of ether oxygens (including phenoxy) is 2. The Labute approximate surface area is 147 Å². The molecule has 2 N–H and O–H groups in total. The Kier molecular flexibility index (Phi) is 8.29. The first-order valence-electron chi connectivity index (χ1n) is 9.22. The molecule has 1 saturated heterocycles. The first-order valence-corrected chi connectivity index (χ1v) is 9.22. The minimum Gasteiger partial charge on any atom is -0.381 e. The zero-order valence-corrected chi connectivity index (χ0v) is 14.9. The Morgan fingerprint density at radius 1 is 1.20 bits per heavy atom. The number of nitrogens with one attached hydrogen (secondary N) is 2. The van der Waals surface area contributed by atoms with Gasteiger partial charge in [0.15, 0.2) is 5.96 Å². The van der Waals surface area contributed by atoms with Gasteiger partial charge in [-0.1, -0.05) is 6.42 Å². The van der Waals surface area contributed by atoms with E-state index in [4.69, 9.17) is 9.47 Å². The molecule has 25 heavy (non-hydrogen) atoms. The summed E-state index contributed by atoms with van der Waals surface area (Å²) in [4.78, 5) is 4.11. The van der Waals surface area contributed by atoms with Crippen LogP contribution in [0, 0.1) is 5.92 Å². The molecule has 0 bridgehead atoms. The number of alkyl halides is 3. The second-order valence-corrected chi connectivity index (χ2v) is 6.78. The Balaban J connectivity index is 1.61. The minimum absolute atomic E-state index is 0.122. The van der Waals surface area contributed by atoms with Crippen LogP contribution in [-0.2, 0) is 9.47 Å². The Hall–Kier alpha value is -1.02. The van der Waals surface area contributed by atoms with Crippen LogP contribution in [0.3, 0.4) is 0 Å². The summed E-state index contributed by atoms with van der Waals surface area (Å²) in [5.74, 6) is -0.636. The number of aliphatic imine (C=N–C) groups is 1. The fourth-order valence-corrected chi connectivity index (χ4v) is 3.38. The van der Waals surface area contributed by atoms with E-state index in [0.717, 1.165) is 38.9 Å². The average Bonchev–Trinajstić information content (AvgIpc) is 2.61. The molecule has 1 saturated carbocycles. The van der Waals surface area contributed by atoms with Crippen molar-refractivity contribution in [1.82, 2.24) is 10.6 Å². The van der Waals surface area contributed by atoms with Gasteiger partial charge in [-0.2, -0.15) is 13.2 Å². The summed E-state index contributed by atoms with van der Waals surface area (Å²) in [5, 5.41) is 6.29. The van der Waals surface area contributed by atoms with Crippen molar-refractivity contribution in [1.29, 1.82) is 0 Å². The molecule has 0 aromatic heterocycles. The van der Waals surface area contributed by atoms with Crippen LogP contribution in [0.1, 0.15) is 44.9 Å². The predicted molar refractivity (Wildman–Crippen MR) is 90.7 cm³/mol. The van der Waals surface area contributed by atoms with Gasteiger partial charge in [0.05, 0.1) is 12.0 Å². The smallest absolute Gasteiger partial charge is 0.381 e. The van der Waals surface area contributed by atoms with Crippen molar-refractivity contribution in [2.24, 2.45) is 10.9 Å². The first kappa shape index (κ1) is 20.3. The molecule has 1 heterocycles. The quantitative estimate of drug-likeness (QED) is 0.432. The van der Waals surface area contributed by atoms with Crippen molar-refractivity contribution in [3.8, 4) is 0 Å². The molecule has 2 rings (SSSR count). The summed E-state index contributed by atoms with van der Waals surface area (Å²) in [6, 6.07) is -0.176. The third-order valence-electron chi connectivity index (χ3n) is 4.84. The highest BCUT2D eigenvalue weighted by atomic mass is 19.4. The highest BCUT2D eigenvalue weighted by Gasteiger charge is 2.42. The molecule has 0 aromatic rings. The first-order chi connectivity index (χ1) is 12.0. The largest absolute Gasteiger partial charge is 0.391 e. The lowest BCUT2D eigenvalue weighted by molar-refractivity contribution is -0.183. The Bertz CT molecular complexity index is 412. The molecule has 0 aromatic carbocycles. The van der Waals surface area contributed by atoms with E-state index >= 15 is 0 Å². The molecular weight excluding hydrogens is 335 g/mol. The molecule has 5 nitrogen and oxygen atoms in total. The molecule has 0 amide bonds. The molecule has 146 valence electrons. The lowest BCUT2D eigenvalue weighted by atomic mass is 9.85. The fraction of sp³-hybridized carbons (Fsp3) is 0.941. The molecule has 8 heteroatoms. The van der Waals surface area contributed by atoms with Gasteiger partial charge in [-0.05, 0) is 38.5 Å². The second kappa shape index (κ2) is 10.2. The van der Waals surface area contributed by atoms with Crippen molar-refractivity contribution in [2.75, 3.05) is 33.4 Å². The molecule has 2 unspecified atom stereocenters. The highest BCUT2D eigenvalue weighted by Crippen LogP contribution is 2.37. The van der Waals surface area contributed by atoms with E-state index < -0.39 is 12.1 Å². The van der Waals surface area contributed by atoms with E-state index in [0.29, 0.717) is 25.5 Å². The van der Waals surface area contributed by atoms with Gasteiger partial charge in [0.2, 0.25) is 0 Å². The second-order valence-electron chi connectivity index (χ2n) is 6.78. The van der Waals surface area contributed by atoms with Crippen LogP contribution >= 0.6 is 0 Å². The summed E-state index contributed by atoms with van der Waals surface area (Å²) in [6.07, 6.45) is 0.601. The van der Waals surface area contributed by atoms with Crippen molar-refractivity contribution in [3.63, 3.8) is 0 Å². The molecule has 2 atom stereocenters.